The van der Waals surface area contributed by atoms with E-state index >= 15 is 0 Å². The molecule has 2 N–H and O–H groups in total. The molecule has 1 aliphatic heterocycles. The van der Waals surface area contributed by atoms with Crippen molar-refractivity contribution >= 4 is 16.0 Å². The fourth-order valence-electron chi connectivity index (χ4n) is 3.22. The Balaban J connectivity index is 1.67. The fourth-order valence-corrected chi connectivity index (χ4v) is 4.53. The summed E-state index contributed by atoms with van der Waals surface area (Å²) in [5.41, 5.74) is 1.16. The van der Waals surface area contributed by atoms with Gasteiger partial charge in [0, 0.05) is 19.1 Å². The minimum absolute atomic E-state index is 0.0161. The van der Waals surface area contributed by atoms with E-state index in [0.29, 0.717) is 6.54 Å². The molecule has 0 aliphatic carbocycles. The highest BCUT2D eigenvalue weighted by atomic mass is 32.2. The van der Waals surface area contributed by atoms with Gasteiger partial charge in [-0.15, -0.1) is 0 Å². The lowest BCUT2D eigenvalue weighted by Crippen LogP contribution is -2.47. The fraction of sp³-hybridized carbons (Fsp3) is 0.316. The zero-order chi connectivity index (χ0) is 18.6. The van der Waals surface area contributed by atoms with E-state index in [1.54, 1.807) is 0 Å². The Morgan fingerprint density at radius 2 is 1.92 bits per heavy atom. The predicted molar refractivity (Wildman–Crippen MR) is 98.5 cm³/mol. The van der Waals surface area contributed by atoms with E-state index in [2.05, 4.69) is 21.8 Å². The molecule has 0 radical (unpaired) electrons. The summed E-state index contributed by atoms with van der Waals surface area (Å²) < 4.78 is 28.0. The largest absolute Gasteiger partial charge is 0.478 e. The van der Waals surface area contributed by atoms with Gasteiger partial charge in [-0.25, -0.2) is 17.9 Å². The Kier molecular flexibility index (Phi) is 5.70. The number of sulfonamides is 1. The highest BCUT2D eigenvalue weighted by molar-refractivity contribution is 7.89. The number of piperidine rings is 1. The first-order chi connectivity index (χ1) is 12.4. The Bertz CT molecular complexity index is 868. The molecule has 2 aromatic carbocycles. The summed E-state index contributed by atoms with van der Waals surface area (Å²) in [7, 11) is -3.75. The van der Waals surface area contributed by atoms with Gasteiger partial charge in [0.1, 0.15) is 0 Å². The number of carboxylic acids is 1. The molecule has 1 aliphatic rings. The van der Waals surface area contributed by atoms with Crippen molar-refractivity contribution < 1.29 is 18.3 Å². The molecule has 0 aromatic heterocycles. The van der Waals surface area contributed by atoms with Crippen LogP contribution >= 0.6 is 0 Å². The van der Waals surface area contributed by atoms with Gasteiger partial charge in [0.15, 0.2) is 0 Å². The summed E-state index contributed by atoms with van der Waals surface area (Å²) in [4.78, 5) is 13.3. The quantitative estimate of drug-likeness (QED) is 0.810. The van der Waals surface area contributed by atoms with Gasteiger partial charge in [0.05, 0.1) is 10.5 Å². The van der Waals surface area contributed by atoms with E-state index in [1.165, 1.54) is 29.8 Å². The van der Waals surface area contributed by atoms with E-state index in [9.17, 15) is 13.2 Å². The molecular formula is C19H22N2O4S. The van der Waals surface area contributed by atoms with Crippen LogP contribution in [0.4, 0.5) is 0 Å². The number of hydrogen-bond donors (Lipinski definition) is 2. The lowest BCUT2D eigenvalue weighted by atomic mass is 10.1. The van der Waals surface area contributed by atoms with Crippen LogP contribution < -0.4 is 4.72 Å². The molecule has 26 heavy (non-hydrogen) atoms. The molecular weight excluding hydrogens is 352 g/mol. The van der Waals surface area contributed by atoms with Crippen LogP contribution in [-0.2, 0) is 16.6 Å². The van der Waals surface area contributed by atoms with Gasteiger partial charge in [0.2, 0.25) is 10.0 Å². The van der Waals surface area contributed by atoms with Crippen LogP contribution in [0.15, 0.2) is 59.5 Å². The average Bonchev–Trinajstić information content (AvgIpc) is 2.62. The summed E-state index contributed by atoms with van der Waals surface area (Å²) in [6.07, 6.45) is 1.68. The van der Waals surface area contributed by atoms with Crippen molar-refractivity contribution in [3.8, 4) is 0 Å². The van der Waals surface area contributed by atoms with Gasteiger partial charge < -0.3 is 5.11 Å². The second-order valence-electron chi connectivity index (χ2n) is 6.51. The second-order valence-corrected chi connectivity index (χ2v) is 8.23. The van der Waals surface area contributed by atoms with E-state index in [-0.39, 0.29) is 16.5 Å². The normalized spacial score (nSPS) is 18.5. The molecule has 1 atom stereocenters. The smallest absolute Gasteiger partial charge is 0.335 e. The Morgan fingerprint density at radius 3 is 2.65 bits per heavy atom. The first-order valence-corrected chi connectivity index (χ1v) is 10.0. The third kappa shape index (κ3) is 4.69. The summed E-state index contributed by atoms with van der Waals surface area (Å²) >= 11 is 0. The van der Waals surface area contributed by atoms with Crippen molar-refractivity contribution in [2.75, 3.05) is 13.1 Å². The van der Waals surface area contributed by atoms with Gasteiger partial charge in [-0.1, -0.05) is 36.4 Å². The van der Waals surface area contributed by atoms with E-state index in [1.807, 2.05) is 18.2 Å². The highest BCUT2D eigenvalue weighted by Gasteiger charge is 2.25. The van der Waals surface area contributed by atoms with Crippen LogP contribution in [0.3, 0.4) is 0 Å². The third-order valence-electron chi connectivity index (χ3n) is 4.47. The SMILES string of the molecule is O=C(O)c1cccc(S(=O)(=O)NC2CCCN(Cc3ccccc3)C2)c1. The molecule has 1 unspecified atom stereocenters. The predicted octanol–water partition coefficient (Wildman–Crippen LogP) is 2.33. The average molecular weight is 374 g/mol. The number of carboxylic acid groups (broad SMARTS) is 1. The van der Waals surface area contributed by atoms with Crippen molar-refractivity contribution in [1.82, 2.24) is 9.62 Å². The van der Waals surface area contributed by atoms with Crippen LogP contribution in [0.1, 0.15) is 28.8 Å². The lowest BCUT2D eigenvalue weighted by molar-refractivity contribution is 0.0696. The number of hydrogen-bond acceptors (Lipinski definition) is 4. The third-order valence-corrected chi connectivity index (χ3v) is 5.99. The minimum Gasteiger partial charge on any atom is -0.478 e. The summed E-state index contributed by atoms with van der Waals surface area (Å²) in [6, 6.07) is 15.3. The van der Waals surface area contributed by atoms with E-state index in [4.69, 9.17) is 5.11 Å². The molecule has 3 rings (SSSR count). The Labute approximate surface area is 153 Å². The van der Waals surface area contributed by atoms with Crippen LogP contribution in [0.25, 0.3) is 0 Å². The first kappa shape index (κ1) is 18.6. The van der Waals surface area contributed by atoms with Gasteiger partial charge in [0.25, 0.3) is 0 Å². The van der Waals surface area contributed by atoms with Crippen molar-refractivity contribution in [3.63, 3.8) is 0 Å². The topological polar surface area (TPSA) is 86.7 Å². The van der Waals surface area contributed by atoms with Crippen LogP contribution in [-0.4, -0.2) is 43.5 Å². The Morgan fingerprint density at radius 1 is 1.15 bits per heavy atom. The summed E-state index contributed by atoms with van der Waals surface area (Å²) in [5.74, 6) is -1.14. The molecule has 1 heterocycles. The number of nitrogens with one attached hydrogen (secondary N) is 1. The minimum atomic E-state index is -3.75. The number of aromatic carboxylic acids is 1. The Hall–Kier alpha value is -2.22. The van der Waals surface area contributed by atoms with Crippen LogP contribution in [0.2, 0.25) is 0 Å². The summed E-state index contributed by atoms with van der Waals surface area (Å²) in [5, 5.41) is 9.05. The molecule has 0 saturated carbocycles. The van der Waals surface area contributed by atoms with Gasteiger partial charge in [-0.3, -0.25) is 4.90 Å². The molecule has 138 valence electrons. The van der Waals surface area contributed by atoms with Gasteiger partial charge in [-0.05, 0) is 43.1 Å². The second kappa shape index (κ2) is 7.99. The van der Waals surface area contributed by atoms with E-state index in [0.717, 1.165) is 25.9 Å². The first-order valence-electron chi connectivity index (χ1n) is 8.56. The molecule has 0 spiro atoms. The molecule has 6 nitrogen and oxygen atoms in total. The number of nitrogens with zero attached hydrogens (tertiary/aromatic N) is 1. The molecule has 1 fully saturated rings. The van der Waals surface area contributed by atoms with E-state index < -0.39 is 16.0 Å². The molecule has 1 saturated heterocycles. The number of likely N-dealkylation sites (tertiary alicyclic amines) is 1. The van der Waals surface area contributed by atoms with Crippen LogP contribution in [0.5, 0.6) is 0 Å². The molecule has 0 amide bonds. The van der Waals surface area contributed by atoms with Gasteiger partial charge >= 0.3 is 5.97 Å². The summed E-state index contributed by atoms with van der Waals surface area (Å²) in [6.45, 7) is 2.35. The number of carbonyl (C=O) groups is 1. The van der Waals surface area contributed by atoms with Crippen molar-refractivity contribution in [2.24, 2.45) is 0 Å². The zero-order valence-electron chi connectivity index (χ0n) is 14.3. The monoisotopic (exact) mass is 374 g/mol. The van der Waals surface area contributed by atoms with Crippen LogP contribution in [0, 0.1) is 0 Å². The standard InChI is InChI=1S/C19H22N2O4S/c22-19(23)16-8-4-10-18(12-16)26(24,25)20-17-9-5-11-21(14-17)13-15-6-2-1-3-7-15/h1-4,6-8,10,12,17,20H,5,9,11,13-14H2,(H,22,23). The lowest BCUT2D eigenvalue weighted by Gasteiger charge is -2.33. The highest BCUT2D eigenvalue weighted by Crippen LogP contribution is 2.17. The maximum atomic E-state index is 12.6. The molecule has 7 heteroatoms. The van der Waals surface area contributed by atoms with Crippen molar-refractivity contribution in [3.05, 3.63) is 65.7 Å². The zero-order valence-corrected chi connectivity index (χ0v) is 15.2. The van der Waals surface area contributed by atoms with Crippen molar-refractivity contribution in [1.29, 1.82) is 0 Å². The number of benzene rings is 2. The van der Waals surface area contributed by atoms with Gasteiger partial charge in [-0.2, -0.15) is 0 Å². The molecule has 0 bridgehead atoms. The maximum Gasteiger partial charge on any atom is 0.335 e. The number of rotatable bonds is 6. The van der Waals surface area contributed by atoms with Crippen molar-refractivity contribution in [2.45, 2.75) is 30.3 Å². The maximum absolute atomic E-state index is 12.6. The molecule has 2 aromatic rings.